The lowest BCUT2D eigenvalue weighted by atomic mass is 9.93. The summed E-state index contributed by atoms with van der Waals surface area (Å²) in [6, 6.07) is 17.8. The molecule has 8 nitrogen and oxygen atoms in total. The van der Waals surface area contributed by atoms with Gasteiger partial charge in [-0.25, -0.2) is 4.98 Å². The van der Waals surface area contributed by atoms with Crippen LogP contribution >= 0.6 is 11.6 Å². The predicted molar refractivity (Wildman–Crippen MR) is 167 cm³/mol. The summed E-state index contributed by atoms with van der Waals surface area (Å²) in [6.45, 7) is 7.27. The second-order valence-corrected chi connectivity index (χ2v) is 12.3. The fraction of sp³-hybridized carbons (Fsp3) is 0.382. The molecule has 6 rings (SSSR count). The van der Waals surface area contributed by atoms with Crippen molar-refractivity contribution in [1.82, 2.24) is 19.8 Å². The molecule has 2 atom stereocenters. The van der Waals surface area contributed by atoms with Gasteiger partial charge in [-0.2, -0.15) is 0 Å². The molecule has 1 aliphatic carbocycles. The van der Waals surface area contributed by atoms with Gasteiger partial charge in [-0.3, -0.25) is 14.5 Å². The van der Waals surface area contributed by atoms with Gasteiger partial charge in [0.1, 0.15) is 5.75 Å². The molecule has 43 heavy (non-hydrogen) atoms. The number of likely N-dealkylation sites (tertiary alicyclic amines) is 1. The van der Waals surface area contributed by atoms with Crippen LogP contribution in [0.3, 0.4) is 0 Å². The molecule has 224 valence electrons. The molecule has 0 spiro atoms. The van der Waals surface area contributed by atoms with E-state index in [0.717, 1.165) is 47.8 Å². The van der Waals surface area contributed by atoms with Crippen LogP contribution in [0.4, 0.5) is 0 Å². The van der Waals surface area contributed by atoms with Crippen molar-refractivity contribution in [2.24, 2.45) is 0 Å². The molecule has 1 saturated heterocycles. The van der Waals surface area contributed by atoms with Gasteiger partial charge in [0.15, 0.2) is 5.72 Å². The van der Waals surface area contributed by atoms with E-state index in [9.17, 15) is 14.7 Å². The van der Waals surface area contributed by atoms with Crippen molar-refractivity contribution in [1.29, 1.82) is 0 Å². The Morgan fingerprint density at radius 2 is 1.70 bits per heavy atom. The first-order valence-corrected chi connectivity index (χ1v) is 15.4. The molecule has 2 aliphatic rings. The van der Waals surface area contributed by atoms with Gasteiger partial charge in [-0.05, 0) is 81.8 Å². The number of halogens is 1. The van der Waals surface area contributed by atoms with Crippen LogP contribution in [0.25, 0.3) is 22.2 Å². The Labute approximate surface area is 256 Å². The van der Waals surface area contributed by atoms with Crippen LogP contribution in [-0.2, 0) is 10.5 Å². The maximum atomic E-state index is 13.2. The highest BCUT2D eigenvalue weighted by Gasteiger charge is 2.44. The average Bonchev–Trinajstić information content (AvgIpc) is 3.46. The SMILES string of the molecule is CC(C)n1cnc2cc(-c3ccc(C(=O)C(=O)N[C@H](C)[C@](O)(c4ccc(OC5CC5)c(Cl)c4)N4CCCC4)cc3)ccc21. The number of aromatic nitrogens is 2. The first-order chi connectivity index (χ1) is 20.6. The van der Waals surface area contributed by atoms with Crippen molar-refractivity contribution >= 4 is 34.3 Å². The predicted octanol–water partition coefficient (Wildman–Crippen LogP) is 6.11. The number of nitrogens with zero attached hydrogens (tertiary/aromatic N) is 3. The van der Waals surface area contributed by atoms with E-state index in [1.807, 2.05) is 41.6 Å². The van der Waals surface area contributed by atoms with Crippen LogP contribution in [0.5, 0.6) is 5.75 Å². The Kier molecular flexibility index (Phi) is 8.02. The number of hydrogen-bond donors (Lipinski definition) is 2. The van der Waals surface area contributed by atoms with Crippen molar-refractivity contribution in [3.05, 3.63) is 83.1 Å². The van der Waals surface area contributed by atoms with Gasteiger partial charge in [-0.1, -0.05) is 48.0 Å². The minimum atomic E-state index is -1.56. The first-order valence-electron chi connectivity index (χ1n) is 15.0. The van der Waals surface area contributed by atoms with E-state index < -0.39 is 23.5 Å². The van der Waals surface area contributed by atoms with Crippen molar-refractivity contribution in [2.45, 2.75) is 70.4 Å². The molecule has 1 aromatic heterocycles. The molecule has 1 amide bonds. The Balaban J connectivity index is 1.18. The van der Waals surface area contributed by atoms with Crippen molar-refractivity contribution < 1.29 is 19.4 Å². The van der Waals surface area contributed by atoms with E-state index >= 15 is 0 Å². The summed E-state index contributed by atoms with van der Waals surface area (Å²) in [4.78, 5) is 32.9. The number of aliphatic hydroxyl groups is 1. The highest BCUT2D eigenvalue weighted by Crippen LogP contribution is 2.38. The number of rotatable bonds is 10. The molecule has 3 aromatic carbocycles. The van der Waals surface area contributed by atoms with E-state index in [0.29, 0.717) is 35.5 Å². The standard InChI is InChI=1S/C34H37ClN4O4/c1-21(2)39-20-36-29-18-25(10-14-30(29)39)23-6-8-24(9-7-23)32(40)33(41)37-22(3)34(42,38-16-4-5-17-38)26-11-15-31(28(35)19-26)43-27-12-13-27/h6-11,14-15,18-22,27,42H,4-5,12-13,16-17H2,1-3H3,(H,37,41)/t22-,34+/m1/s1. The molecular formula is C34H37ClN4O4. The van der Waals surface area contributed by atoms with Gasteiger partial charge in [0, 0.05) is 30.3 Å². The number of fused-ring (bicyclic) bond motifs is 1. The number of carbonyl (C=O) groups is 2. The van der Waals surface area contributed by atoms with Crippen LogP contribution < -0.4 is 10.1 Å². The molecule has 9 heteroatoms. The zero-order valence-electron chi connectivity index (χ0n) is 24.7. The number of ether oxygens (including phenoxy) is 1. The molecular weight excluding hydrogens is 564 g/mol. The minimum absolute atomic E-state index is 0.192. The summed E-state index contributed by atoms with van der Waals surface area (Å²) < 4.78 is 8.00. The molecule has 0 unspecified atom stereocenters. The van der Waals surface area contributed by atoms with Gasteiger partial charge in [-0.15, -0.1) is 0 Å². The van der Waals surface area contributed by atoms with E-state index in [1.54, 1.807) is 37.3 Å². The highest BCUT2D eigenvalue weighted by molar-refractivity contribution is 6.42. The van der Waals surface area contributed by atoms with Crippen LogP contribution in [0, 0.1) is 0 Å². The zero-order valence-corrected chi connectivity index (χ0v) is 25.5. The van der Waals surface area contributed by atoms with Crippen LogP contribution in [0.1, 0.15) is 68.4 Å². The van der Waals surface area contributed by atoms with Crippen LogP contribution in [0.15, 0.2) is 67.0 Å². The first kappa shape index (κ1) is 29.4. The van der Waals surface area contributed by atoms with Gasteiger partial charge in [0.2, 0.25) is 5.78 Å². The monoisotopic (exact) mass is 600 g/mol. The quantitative estimate of drug-likeness (QED) is 0.168. The average molecular weight is 601 g/mol. The number of imidazole rings is 1. The van der Waals surface area contributed by atoms with Gasteiger partial charge in [0.05, 0.1) is 34.5 Å². The Bertz CT molecular complexity index is 1660. The fourth-order valence-electron chi connectivity index (χ4n) is 5.89. The van der Waals surface area contributed by atoms with E-state index in [4.69, 9.17) is 16.3 Å². The summed E-state index contributed by atoms with van der Waals surface area (Å²) in [5.41, 5.74) is 3.11. The maximum absolute atomic E-state index is 13.2. The Morgan fingerprint density at radius 3 is 2.35 bits per heavy atom. The number of carbonyl (C=O) groups excluding carboxylic acids is 2. The lowest BCUT2D eigenvalue weighted by molar-refractivity contribution is -0.139. The van der Waals surface area contributed by atoms with Crippen molar-refractivity contribution in [3.63, 3.8) is 0 Å². The molecule has 0 radical (unpaired) electrons. The normalized spacial score (nSPS) is 17.6. The molecule has 2 heterocycles. The smallest absolute Gasteiger partial charge is 0.292 e. The molecule has 1 saturated carbocycles. The van der Waals surface area contributed by atoms with E-state index in [2.05, 4.69) is 28.7 Å². The summed E-state index contributed by atoms with van der Waals surface area (Å²) in [5.74, 6) is -0.866. The van der Waals surface area contributed by atoms with Gasteiger partial charge >= 0.3 is 0 Å². The molecule has 2 fully saturated rings. The second-order valence-electron chi connectivity index (χ2n) is 11.9. The maximum Gasteiger partial charge on any atom is 0.292 e. The Morgan fingerprint density at radius 1 is 1.00 bits per heavy atom. The third-order valence-electron chi connectivity index (χ3n) is 8.53. The zero-order chi connectivity index (χ0) is 30.3. The third kappa shape index (κ3) is 5.79. The van der Waals surface area contributed by atoms with E-state index in [-0.39, 0.29) is 11.7 Å². The van der Waals surface area contributed by atoms with Crippen LogP contribution in [-0.4, -0.2) is 56.5 Å². The summed E-state index contributed by atoms with van der Waals surface area (Å²) in [7, 11) is 0. The number of ketones is 1. The number of hydrogen-bond acceptors (Lipinski definition) is 6. The molecule has 0 bridgehead atoms. The molecule has 4 aromatic rings. The number of nitrogens with one attached hydrogen (secondary N) is 1. The second kappa shape index (κ2) is 11.8. The molecule has 1 aliphatic heterocycles. The van der Waals surface area contributed by atoms with Gasteiger partial charge in [0.25, 0.3) is 5.91 Å². The summed E-state index contributed by atoms with van der Waals surface area (Å²) in [5, 5.41) is 15.3. The third-order valence-corrected chi connectivity index (χ3v) is 8.83. The number of amides is 1. The van der Waals surface area contributed by atoms with Crippen molar-refractivity contribution in [2.75, 3.05) is 13.1 Å². The summed E-state index contributed by atoms with van der Waals surface area (Å²) in [6.07, 6.45) is 5.91. The van der Waals surface area contributed by atoms with Crippen LogP contribution in [0.2, 0.25) is 5.02 Å². The Hall–Kier alpha value is -3.72. The number of Topliss-reactive ketones (excluding diaryl/α,β-unsaturated/α-hetero) is 1. The van der Waals surface area contributed by atoms with Gasteiger partial charge < -0.3 is 19.7 Å². The fourth-order valence-corrected chi connectivity index (χ4v) is 6.11. The van der Waals surface area contributed by atoms with Crippen molar-refractivity contribution in [3.8, 4) is 16.9 Å². The highest BCUT2D eigenvalue weighted by atomic mass is 35.5. The minimum Gasteiger partial charge on any atom is -0.489 e. The number of benzene rings is 3. The molecule has 2 N–H and O–H groups in total. The van der Waals surface area contributed by atoms with E-state index in [1.165, 1.54) is 0 Å². The lowest BCUT2D eigenvalue weighted by Gasteiger charge is -2.42. The summed E-state index contributed by atoms with van der Waals surface area (Å²) >= 11 is 6.55. The topological polar surface area (TPSA) is 96.7 Å². The lowest BCUT2D eigenvalue weighted by Crippen LogP contribution is -2.59. The largest absolute Gasteiger partial charge is 0.489 e.